The van der Waals surface area contributed by atoms with Crippen molar-refractivity contribution in [2.75, 3.05) is 12.0 Å². The number of rotatable bonds is 1. The van der Waals surface area contributed by atoms with E-state index in [2.05, 4.69) is 4.98 Å². The highest BCUT2D eigenvalue weighted by Gasteiger charge is 2.27. The summed E-state index contributed by atoms with van der Waals surface area (Å²) in [6, 6.07) is 5.29. The van der Waals surface area contributed by atoms with Gasteiger partial charge in [-0.1, -0.05) is 12.1 Å². The Balaban J connectivity index is 0.00000120. The molecule has 1 aliphatic rings. The fourth-order valence-electron chi connectivity index (χ4n) is 2.18. The molecule has 0 saturated carbocycles. The van der Waals surface area contributed by atoms with Crippen LogP contribution in [0.3, 0.4) is 0 Å². The van der Waals surface area contributed by atoms with Gasteiger partial charge in [0.05, 0.1) is 10.6 Å². The predicted octanol–water partition coefficient (Wildman–Crippen LogP) is 2.12. The van der Waals surface area contributed by atoms with Crippen molar-refractivity contribution in [3.63, 3.8) is 0 Å². The third kappa shape index (κ3) is 1.90. The molecule has 2 N–H and O–H groups in total. The molecule has 0 fully saturated rings. The van der Waals surface area contributed by atoms with E-state index in [0.29, 0.717) is 16.4 Å². The van der Waals surface area contributed by atoms with Gasteiger partial charge in [-0.25, -0.2) is 13.4 Å². The molecular weight excluding hydrogens is 292 g/mol. The summed E-state index contributed by atoms with van der Waals surface area (Å²) in [5.74, 6) is 0. The fourth-order valence-corrected chi connectivity index (χ4v) is 3.99. The van der Waals surface area contributed by atoms with Gasteiger partial charge in [-0.05, 0) is 11.6 Å². The highest BCUT2D eigenvalue weighted by Crippen LogP contribution is 2.42. The van der Waals surface area contributed by atoms with Crippen molar-refractivity contribution in [1.29, 1.82) is 0 Å². The first-order valence-corrected chi connectivity index (χ1v) is 7.75. The average Bonchev–Trinajstić information content (AvgIpc) is 2.71. The van der Waals surface area contributed by atoms with Crippen LogP contribution in [0.2, 0.25) is 0 Å². The number of hydrogen-bond donors (Lipinski definition) is 1. The minimum absolute atomic E-state index is 0. The van der Waals surface area contributed by atoms with Crippen molar-refractivity contribution < 1.29 is 8.42 Å². The molecule has 4 nitrogen and oxygen atoms in total. The number of halogens is 1. The number of sulfone groups is 1. The highest BCUT2D eigenvalue weighted by molar-refractivity contribution is 7.90. The van der Waals surface area contributed by atoms with Crippen molar-refractivity contribution in [2.24, 2.45) is 0 Å². The minimum atomic E-state index is -3.19. The zero-order valence-electron chi connectivity index (χ0n) is 9.50. The first-order valence-electron chi connectivity index (χ1n) is 5.04. The normalized spacial score (nSPS) is 12.7. The van der Waals surface area contributed by atoms with Crippen LogP contribution in [0.5, 0.6) is 0 Å². The smallest absolute Gasteiger partial charge is 0.180 e. The number of nitrogens with zero attached hydrogens (tertiary/aromatic N) is 1. The predicted molar refractivity (Wildman–Crippen MR) is 75.1 cm³/mol. The van der Waals surface area contributed by atoms with E-state index in [1.54, 1.807) is 12.1 Å². The van der Waals surface area contributed by atoms with Crippen LogP contribution in [0.15, 0.2) is 23.1 Å². The summed E-state index contributed by atoms with van der Waals surface area (Å²) >= 11 is 1.42. The second-order valence-corrected chi connectivity index (χ2v) is 7.15. The lowest BCUT2D eigenvalue weighted by Crippen LogP contribution is -2.01. The van der Waals surface area contributed by atoms with Crippen molar-refractivity contribution >= 4 is 38.7 Å². The van der Waals surface area contributed by atoms with E-state index in [-0.39, 0.29) is 12.4 Å². The molecule has 0 spiro atoms. The molecule has 0 saturated heterocycles. The van der Waals surface area contributed by atoms with Gasteiger partial charge in [0.25, 0.3) is 0 Å². The topological polar surface area (TPSA) is 73.0 Å². The van der Waals surface area contributed by atoms with E-state index in [9.17, 15) is 8.42 Å². The maximum Gasteiger partial charge on any atom is 0.180 e. The maximum absolute atomic E-state index is 11.7. The Bertz CT molecular complexity index is 723. The Hall–Kier alpha value is -1.11. The van der Waals surface area contributed by atoms with Crippen LogP contribution >= 0.6 is 23.7 Å². The average molecular weight is 303 g/mol. The standard InChI is InChI=1S/C11H10N2O2S2.ClH/c1-17(14,15)9-4-2-3-6-7(9)5-8-10(6)13-11(12)16-8;/h2-4H,5H2,1H3,(H2,12,13);1H. The number of fused-ring (bicyclic) bond motifs is 3. The van der Waals surface area contributed by atoms with Crippen LogP contribution in [0.1, 0.15) is 10.4 Å². The molecule has 0 atom stereocenters. The molecular formula is C11H11ClN2O2S2. The summed E-state index contributed by atoms with van der Waals surface area (Å²) in [5.41, 5.74) is 8.25. The molecule has 3 rings (SSSR count). The van der Waals surface area contributed by atoms with Crippen LogP contribution in [0.25, 0.3) is 11.3 Å². The molecule has 1 aliphatic carbocycles. The maximum atomic E-state index is 11.7. The van der Waals surface area contributed by atoms with Crippen LogP contribution in [0.4, 0.5) is 5.13 Å². The number of hydrogen-bond acceptors (Lipinski definition) is 5. The van der Waals surface area contributed by atoms with Gasteiger partial charge in [0, 0.05) is 23.1 Å². The van der Waals surface area contributed by atoms with Gasteiger partial charge in [-0.15, -0.1) is 23.7 Å². The second-order valence-electron chi connectivity index (χ2n) is 4.06. The molecule has 0 aliphatic heterocycles. The molecule has 1 aromatic heterocycles. The molecule has 1 heterocycles. The molecule has 7 heteroatoms. The summed E-state index contributed by atoms with van der Waals surface area (Å²) in [5, 5.41) is 0.533. The number of nitrogens with two attached hydrogens (primary N) is 1. The molecule has 0 bridgehead atoms. The van der Waals surface area contributed by atoms with Crippen molar-refractivity contribution in [1.82, 2.24) is 4.98 Å². The summed E-state index contributed by atoms with van der Waals surface area (Å²) < 4.78 is 23.4. The molecule has 96 valence electrons. The molecule has 2 aromatic rings. The highest BCUT2D eigenvalue weighted by atomic mass is 35.5. The lowest BCUT2D eigenvalue weighted by molar-refractivity contribution is 0.601. The van der Waals surface area contributed by atoms with Crippen LogP contribution in [0, 0.1) is 0 Å². The quantitative estimate of drug-likeness (QED) is 0.747. The molecule has 18 heavy (non-hydrogen) atoms. The van der Waals surface area contributed by atoms with E-state index in [1.165, 1.54) is 17.6 Å². The van der Waals surface area contributed by atoms with E-state index in [0.717, 1.165) is 21.7 Å². The first kappa shape index (κ1) is 13.3. The van der Waals surface area contributed by atoms with E-state index < -0.39 is 9.84 Å². The van der Waals surface area contributed by atoms with Gasteiger partial charge in [-0.2, -0.15) is 0 Å². The molecule has 0 radical (unpaired) electrons. The summed E-state index contributed by atoms with van der Waals surface area (Å²) in [6.07, 6.45) is 1.85. The van der Waals surface area contributed by atoms with Gasteiger partial charge >= 0.3 is 0 Å². The summed E-state index contributed by atoms with van der Waals surface area (Å²) in [6.45, 7) is 0. The van der Waals surface area contributed by atoms with Crippen molar-refractivity contribution in [3.8, 4) is 11.3 Å². The number of nitrogen functional groups attached to an aromatic ring is 1. The van der Waals surface area contributed by atoms with E-state index in [4.69, 9.17) is 5.73 Å². The Morgan fingerprint density at radius 2 is 2.11 bits per heavy atom. The largest absolute Gasteiger partial charge is 0.375 e. The first-order chi connectivity index (χ1) is 7.97. The Kier molecular flexibility index (Phi) is 3.12. The van der Waals surface area contributed by atoms with Gasteiger partial charge in [0.15, 0.2) is 15.0 Å². The van der Waals surface area contributed by atoms with Crippen LogP contribution in [-0.4, -0.2) is 19.7 Å². The van der Waals surface area contributed by atoms with Crippen LogP contribution in [-0.2, 0) is 16.3 Å². The monoisotopic (exact) mass is 302 g/mol. The van der Waals surface area contributed by atoms with Gasteiger partial charge in [-0.3, -0.25) is 0 Å². The Morgan fingerprint density at radius 1 is 1.39 bits per heavy atom. The van der Waals surface area contributed by atoms with Gasteiger partial charge in [0.2, 0.25) is 0 Å². The number of anilines is 1. The number of thiazole rings is 1. The zero-order valence-corrected chi connectivity index (χ0v) is 12.0. The van der Waals surface area contributed by atoms with Crippen molar-refractivity contribution in [3.05, 3.63) is 28.6 Å². The van der Waals surface area contributed by atoms with Crippen LogP contribution < -0.4 is 5.73 Å². The van der Waals surface area contributed by atoms with Gasteiger partial charge < -0.3 is 5.73 Å². The van der Waals surface area contributed by atoms with E-state index in [1.807, 2.05) is 6.07 Å². The third-order valence-corrected chi connectivity index (χ3v) is 4.90. The number of benzene rings is 1. The summed E-state index contributed by atoms with van der Waals surface area (Å²) in [4.78, 5) is 5.71. The fraction of sp³-hybridized carbons (Fsp3) is 0.182. The minimum Gasteiger partial charge on any atom is -0.375 e. The molecule has 1 aromatic carbocycles. The summed E-state index contributed by atoms with van der Waals surface area (Å²) in [7, 11) is -3.19. The van der Waals surface area contributed by atoms with Crippen molar-refractivity contribution in [2.45, 2.75) is 11.3 Å². The van der Waals surface area contributed by atoms with E-state index >= 15 is 0 Å². The SMILES string of the molecule is CS(=O)(=O)c1cccc2c1Cc1sc(N)nc1-2.Cl. The third-order valence-electron chi connectivity index (χ3n) is 2.84. The zero-order chi connectivity index (χ0) is 12.2. The Labute approximate surface area is 115 Å². The Morgan fingerprint density at radius 3 is 2.78 bits per heavy atom. The second kappa shape index (κ2) is 4.22. The lowest BCUT2D eigenvalue weighted by Gasteiger charge is -2.05. The molecule has 0 amide bonds. The van der Waals surface area contributed by atoms with Gasteiger partial charge in [0.1, 0.15) is 0 Å². The lowest BCUT2D eigenvalue weighted by atomic mass is 10.1. The molecule has 0 unspecified atom stereocenters. The number of aromatic nitrogens is 1.